The van der Waals surface area contributed by atoms with Gasteiger partial charge in [-0.15, -0.1) is 0 Å². The Morgan fingerprint density at radius 2 is 1.83 bits per heavy atom. The third-order valence-corrected chi connectivity index (χ3v) is 4.71. The highest BCUT2D eigenvalue weighted by Crippen LogP contribution is 2.12. The van der Waals surface area contributed by atoms with Gasteiger partial charge in [0.1, 0.15) is 0 Å². The Bertz CT molecular complexity index is 484. The maximum absolute atomic E-state index is 12.7. The van der Waals surface area contributed by atoms with E-state index >= 15 is 0 Å². The predicted octanol–water partition coefficient (Wildman–Crippen LogP) is 2.73. The largest absolute Gasteiger partial charge is 0.378 e. The number of aryl methyl sites for hydroxylation is 1. The Kier molecular flexibility index (Phi) is 7.73. The molecule has 134 valence electrons. The molecule has 0 radical (unpaired) electrons. The van der Waals surface area contributed by atoms with Gasteiger partial charge in [0.2, 0.25) is 5.91 Å². The molecule has 1 heterocycles. The Morgan fingerprint density at radius 3 is 2.46 bits per heavy atom. The highest BCUT2D eigenvalue weighted by molar-refractivity contribution is 5.82. The quantitative estimate of drug-likeness (QED) is 0.796. The molecular formula is C20H32N2O2. The van der Waals surface area contributed by atoms with Crippen molar-refractivity contribution >= 4 is 5.91 Å². The van der Waals surface area contributed by atoms with Gasteiger partial charge in [-0.3, -0.25) is 4.79 Å². The van der Waals surface area contributed by atoms with Crippen LogP contribution in [-0.2, 0) is 16.0 Å². The first-order valence-electron chi connectivity index (χ1n) is 9.21. The zero-order valence-electron chi connectivity index (χ0n) is 15.3. The predicted molar refractivity (Wildman–Crippen MR) is 98.0 cm³/mol. The fourth-order valence-corrected chi connectivity index (χ4v) is 3.08. The van der Waals surface area contributed by atoms with E-state index in [-0.39, 0.29) is 11.9 Å². The van der Waals surface area contributed by atoms with E-state index in [0.29, 0.717) is 38.1 Å². The molecule has 0 spiro atoms. The lowest BCUT2D eigenvalue weighted by Crippen LogP contribution is -2.53. The number of carbonyl (C=O) groups excluding carboxylic acids is 1. The molecule has 0 bridgehead atoms. The van der Waals surface area contributed by atoms with Gasteiger partial charge >= 0.3 is 0 Å². The fraction of sp³-hybridized carbons (Fsp3) is 0.650. The van der Waals surface area contributed by atoms with Gasteiger partial charge in [0, 0.05) is 13.1 Å². The van der Waals surface area contributed by atoms with E-state index in [2.05, 4.69) is 56.4 Å². The van der Waals surface area contributed by atoms with Gasteiger partial charge in [-0.05, 0) is 36.8 Å². The Labute approximate surface area is 146 Å². The van der Waals surface area contributed by atoms with Crippen LogP contribution >= 0.6 is 0 Å². The van der Waals surface area contributed by atoms with Crippen molar-refractivity contribution in [2.24, 2.45) is 11.8 Å². The normalized spacial score (nSPS) is 17.8. The number of hydrogen-bond donors (Lipinski definition) is 1. The van der Waals surface area contributed by atoms with Gasteiger partial charge in [0.15, 0.2) is 0 Å². The standard InChI is InChI=1S/C20H32N2O2/c1-16(2)19(20(23)22-11-13-24-14-12-22)21-15-17(3)9-10-18-7-5-4-6-8-18/h4-8,16-17,19,21H,9-15H2,1-3H3/t17-,19+/m1/s1. The third-order valence-electron chi connectivity index (χ3n) is 4.71. The first kappa shape index (κ1) is 18.9. The van der Waals surface area contributed by atoms with Gasteiger partial charge in [0.05, 0.1) is 19.3 Å². The maximum atomic E-state index is 12.7. The summed E-state index contributed by atoms with van der Waals surface area (Å²) in [5, 5.41) is 3.52. The molecule has 2 rings (SSSR count). The second-order valence-corrected chi connectivity index (χ2v) is 7.20. The Morgan fingerprint density at radius 1 is 1.17 bits per heavy atom. The number of ether oxygens (including phenoxy) is 1. The summed E-state index contributed by atoms with van der Waals surface area (Å²) in [5.74, 6) is 1.06. The maximum Gasteiger partial charge on any atom is 0.240 e. The summed E-state index contributed by atoms with van der Waals surface area (Å²) in [4.78, 5) is 14.7. The molecule has 1 amide bonds. The molecule has 4 nitrogen and oxygen atoms in total. The van der Waals surface area contributed by atoms with Crippen LogP contribution < -0.4 is 5.32 Å². The molecule has 0 aliphatic carbocycles. The smallest absolute Gasteiger partial charge is 0.240 e. The summed E-state index contributed by atoms with van der Waals surface area (Å²) in [6.07, 6.45) is 2.22. The molecule has 0 unspecified atom stereocenters. The number of benzene rings is 1. The lowest BCUT2D eigenvalue weighted by atomic mass is 9.98. The number of hydrogen-bond acceptors (Lipinski definition) is 3. The minimum atomic E-state index is -0.0951. The number of morpholine rings is 1. The second-order valence-electron chi connectivity index (χ2n) is 7.20. The summed E-state index contributed by atoms with van der Waals surface area (Å²) in [6, 6.07) is 10.5. The van der Waals surface area contributed by atoms with Crippen molar-refractivity contribution in [3.63, 3.8) is 0 Å². The van der Waals surface area contributed by atoms with E-state index in [1.165, 1.54) is 5.56 Å². The van der Waals surface area contributed by atoms with E-state index in [9.17, 15) is 4.79 Å². The third kappa shape index (κ3) is 5.91. The van der Waals surface area contributed by atoms with Crippen molar-refractivity contribution in [1.29, 1.82) is 0 Å². The lowest BCUT2D eigenvalue weighted by molar-refractivity contribution is -0.138. The van der Waals surface area contributed by atoms with Crippen molar-refractivity contribution in [3.05, 3.63) is 35.9 Å². The highest BCUT2D eigenvalue weighted by Gasteiger charge is 2.28. The van der Waals surface area contributed by atoms with Gasteiger partial charge in [-0.25, -0.2) is 0 Å². The number of carbonyl (C=O) groups is 1. The number of nitrogens with one attached hydrogen (secondary N) is 1. The minimum absolute atomic E-state index is 0.0951. The molecular weight excluding hydrogens is 300 g/mol. The first-order chi connectivity index (χ1) is 11.6. The van der Waals surface area contributed by atoms with Gasteiger partial charge < -0.3 is 15.0 Å². The first-order valence-corrected chi connectivity index (χ1v) is 9.21. The Hall–Kier alpha value is -1.39. The molecule has 1 fully saturated rings. The summed E-state index contributed by atoms with van der Waals surface area (Å²) in [6.45, 7) is 10.1. The molecule has 0 saturated carbocycles. The van der Waals surface area contributed by atoms with Crippen LogP contribution in [-0.4, -0.2) is 49.7 Å². The molecule has 1 aromatic rings. The molecule has 1 aliphatic heterocycles. The minimum Gasteiger partial charge on any atom is -0.378 e. The summed E-state index contributed by atoms with van der Waals surface area (Å²) in [5.41, 5.74) is 1.38. The molecule has 1 aromatic carbocycles. The molecule has 24 heavy (non-hydrogen) atoms. The highest BCUT2D eigenvalue weighted by atomic mass is 16.5. The topological polar surface area (TPSA) is 41.6 Å². The van der Waals surface area contributed by atoms with Gasteiger partial charge in [-0.2, -0.15) is 0 Å². The molecule has 0 aromatic heterocycles. The van der Waals surface area contributed by atoms with Crippen LogP contribution in [0.4, 0.5) is 0 Å². The van der Waals surface area contributed by atoms with Crippen LogP contribution in [0.5, 0.6) is 0 Å². The van der Waals surface area contributed by atoms with E-state index < -0.39 is 0 Å². The zero-order valence-corrected chi connectivity index (χ0v) is 15.3. The zero-order chi connectivity index (χ0) is 17.4. The summed E-state index contributed by atoms with van der Waals surface area (Å²) >= 11 is 0. The van der Waals surface area contributed by atoms with E-state index in [4.69, 9.17) is 4.74 Å². The number of nitrogens with zero attached hydrogens (tertiary/aromatic N) is 1. The second kappa shape index (κ2) is 9.80. The van der Waals surface area contributed by atoms with Crippen LogP contribution in [0.1, 0.15) is 32.8 Å². The van der Waals surface area contributed by atoms with E-state index in [0.717, 1.165) is 19.4 Å². The average molecular weight is 332 g/mol. The molecule has 1 N–H and O–H groups in total. The molecule has 1 aliphatic rings. The summed E-state index contributed by atoms with van der Waals surface area (Å²) in [7, 11) is 0. The van der Waals surface area contributed by atoms with Crippen molar-refractivity contribution < 1.29 is 9.53 Å². The van der Waals surface area contributed by atoms with Crippen LogP contribution in [0.2, 0.25) is 0 Å². The average Bonchev–Trinajstić information content (AvgIpc) is 2.61. The monoisotopic (exact) mass is 332 g/mol. The number of rotatable bonds is 8. The van der Waals surface area contributed by atoms with E-state index in [1.807, 2.05) is 4.90 Å². The van der Waals surface area contributed by atoms with Crippen LogP contribution in [0.25, 0.3) is 0 Å². The van der Waals surface area contributed by atoms with Crippen molar-refractivity contribution in [2.75, 3.05) is 32.8 Å². The van der Waals surface area contributed by atoms with Crippen LogP contribution in [0.3, 0.4) is 0 Å². The lowest BCUT2D eigenvalue weighted by Gasteiger charge is -2.32. The Balaban J connectivity index is 1.78. The van der Waals surface area contributed by atoms with Crippen molar-refractivity contribution in [3.8, 4) is 0 Å². The fourth-order valence-electron chi connectivity index (χ4n) is 3.08. The van der Waals surface area contributed by atoms with Gasteiger partial charge in [0.25, 0.3) is 0 Å². The SMILES string of the molecule is CC(C)[C@H](NC[C@H](C)CCc1ccccc1)C(=O)N1CCOCC1. The van der Waals surface area contributed by atoms with Crippen molar-refractivity contribution in [2.45, 2.75) is 39.7 Å². The van der Waals surface area contributed by atoms with Crippen LogP contribution in [0.15, 0.2) is 30.3 Å². The van der Waals surface area contributed by atoms with Gasteiger partial charge in [-0.1, -0.05) is 51.1 Å². The number of amides is 1. The summed E-state index contributed by atoms with van der Waals surface area (Å²) < 4.78 is 5.35. The molecule has 2 atom stereocenters. The van der Waals surface area contributed by atoms with Crippen LogP contribution in [0, 0.1) is 11.8 Å². The molecule has 1 saturated heterocycles. The van der Waals surface area contributed by atoms with Crippen molar-refractivity contribution in [1.82, 2.24) is 10.2 Å². The van der Waals surface area contributed by atoms with E-state index in [1.54, 1.807) is 0 Å². The molecule has 4 heteroatoms.